The van der Waals surface area contributed by atoms with E-state index >= 15 is 0 Å². The van der Waals surface area contributed by atoms with E-state index in [1.165, 1.54) is 18.3 Å². The number of aromatic nitrogens is 1. The molecular weight excluding hydrogens is 298 g/mol. The summed E-state index contributed by atoms with van der Waals surface area (Å²) in [5.74, 6) is 0. The van der Waals surface area contributed by atoms with E-state index in [1.807, 2.05) is 0 Å². The van der Waals surface area contributed by atoms with Crippen molar-refractivity contribution in [2.24, 2.45) is 0 Å². The first kappa shape index (κ1) is 15.9. The van der Waals surface area contributed by atoms with Crippen LogP contribution in [-0.2, 0) is 15.7 Å². The number of nitro groups is 1. The summed E-state index contributed by atoms with van der Waals surface area (Å²) in [6.07, 6.45) is 2.36. The molecule has 0 saturated heterocycles. The van der Waals surface area contributed by atoms with Gasteiger partial charge < -0.3 is 14.7 Å². The predicted molar refractivity (Wildman–Crippen MR) is 64.9 cm³/mol. The molecule has 0 amide bonds. The third-order valence-electron chi connectivity index (χ3n) is 2.37. The topological polar surface area (TPSA) is 142 Å². The minimum Gasteiger partial charge on any atom is -0.344 e. The maximum absolute atomic E-state index is 11.5. The van der Waals surface area contributed by atoms with E-state index in [2.05, 4.69) is 0 Å². The molecule has 0 saturated carbocycles. The van der Waals surface area contributed by atoms with Gasteiger partial charge in [0.2, 0.25) is 13.6 Å². The number of nitrogens with zero attached hydrogens (tertiary/aromatic N) is 2. The van der Waals surface area contributed by atoms with E-state index in [0.717, 1.165) is 17.4 Å². The highest BCUT2D eigenvalue weighted by molar-refractivity contribution is 7.73. The van der Waals surface area contributed by atoms with Crippen molar-refractivity contribution in [3.8, 4) is 0 Å². The number of hydrogen-bond acceptors (Lipinski definition) is 4. The Hall–Kier alpha value is -1.11. The first-order chi connectivity index (χ1) is 8.51. The van der Waals surface area contributed by atoms with Crippen LogP contribution in [0.4, 0.5) is 5.69 Å². The molecule has 3 N–H and O–H groups in total. The molecule has 0 aliphatic carbocycles. The Labute approximate surface area is 108 Å². The maximum Gasteiger partial charge on any atom is 0.344 e. The molecule has 2 unspecified atom stereocenters. The van der Waals surface area contributed by atoms with Crippen LogP contribution in [-0.4, -0.2) is 31.7 Å². The van der Waals surface area contributed by atoms with Gasteiger partial charge in [-0.3, -0.25) is 19.2 Å². The molecule has 0 radical (unpaired) electrons. The summed E-state index contributed by atoms with van der Waals surface area (Å²) < 4.78 is 23.8. The van der Waals surface area contributed by atoms with Crippen molar-refractivity contribution in [1.29, 1.82) is 0 Å². The first-order valence-electron chi connectivity index (χ1n) is 5.00. The number of pyridine rings is 1. The van der Waals surface area contributed by atoms with Crippen LogP contribution in [0.25, 0.3) is 0 Å². The van der Waals surface area contributed by atoms with E-state index in [4.69, 9.17) is 9.79 Å². The Morgan fingerprint density at radius 1 is 1.42 bits per heavy atom. The Morgan fingerprint density at radius 2 is 2.00 bits per heavy atom. The van der Waals surface area contributed by atoms with Gasteiger partial charge in [-0.25, -0.2) is 0 Å². The van der Waals surface area contributed by atoms with Crippen LogP contribution in [0.5, 0.6) is 0 Å². The summed E-state index contributed by atoms with van der Waals surface area (Å²) in [4.78, 5) is 37.4. The van der Waals surface area contributed by atoms with E-state index in [1.54, 1.807) is 0 Å². The fourth-order valence-electron chi connectivity index (χ4n) is 1.46. The van der Waals surface area contributed by atoms with Gasteiger partial charge in [-0.15, -0.1) is 0 Å². The fourth-order valence-corrected chi connectivity index (χ4v) is 4.58. The van der Waals surface area contributed by atoms with E-state index in [-0.39, 0.29) is 5.69 Å². The summed E-state index contributed by atoms with van der Waals surface area (Å²) in [5.41, 5.74) is -0.282. The standard InChI is InChI=1S/C8H12N2O7P2/c1-18(13,14)8(19(15,16)17)6-9-4-2-3-7(5-9)10(11)12/h2-5,8H,6H2,1H3,(H2-,13,14,15,16,17)/p+1. The van der Waals surface area contributed by atoms with Gasteiger partial charge in [0.15, 0.2) is 18.1 Å². The Balaban J connectivity index is 3.11. The van der Waals surface area contributed by atoms with Gasteiger partial charge in [-0.2, -0.15) is 4.57 Å². The monoisotopic (exact) mass is 311 g/mol. The van der Waals surface area contributed by atoms with Crippen molar-refractivity contribution in [3.63, 3.8) is 0 Å². The number of hydrogen-bond donors (Lipinski definition) is 3. The van der Waals surface area contributed by atoms with Crippen LogP contribution in [0.1, 0.15) is 0 Å². The first-order valence-corrected chi connectivity index (χ1v) is 8.86. The van der Waals surface area contributed by atoms with Crippen LogP contribution >= 0.6 is 15.0 Å². The second-order valence-electron chi connectivity index (χ2n) is 4.03. The third kappa shape index (κ3) is 4.49. The van der Waals surface area contributed by atoms with Crippen molar-refractivity contribution >= 4 is 20.7 Å². The molecule has 9 nitrogen and oxygen atoms in total. The molecule has 106 valence electrons. The molecule has 0 bridgehead atoms. The quantitative estimate of drug-likeness (QED) is 0.307. The second kappa shape index (κ2) is 5.48. The predicted octanol–water partition coefficient (Wildman–Crippen LogP) is 0.286. The average molecular weight is 311 g/mol. The van der Waals surface area contributed by atoms with Crippen LogP contribution in [0.15, 0.2) is 24.5 Å². The third-order valence-corrected chi connectivity index (χ3v) is 6.77. The van der Waals surface area contributed by atoms with Crippen molar-refractivity contribution in [2.45, 2.75) is 11.9 Å². The fraction of sp³-hybridized carbons (Fsp3) is 0.375. The lowest BCUT2D eigenvalue weighted by atomic mass is 10.4. The van der Waals surface area contributed by atoms with Crippen LogP contribution < -0.4 is 4.57 Å². The molecule has 0 aliphatic heterocycles. The normalized spacial score (nSPS) is 16.6. The molecule has 1 heterocycles. The molecule has 11 heteroatoms. The van der Waals surface area contributed by atoms with Crippen LogP contribution in [0.3, 0.4) is 0 Å². The Morgan fingerprint density at radius 3 is 2.42 bits per heavy atom. The van der Waals surface area contributed by atoms with E-state index in [9.17, 15) is 24.1 Å². The molecular formula is C8H13N2O7P2+. The lowest BCUT2D eigenvalue weighted by Gasteiger charge is -2.17. The average Bonchev–Trinajstić information content (AvgIpc) is 2.23. The lowest BCUT2D eigenvalue weighted by Crippen LogP contribution is -2.39. The zero-order valence-corrected chi connectivity index (χ0v) is 11.6. The van der Waals surface area contributed by atoms with Gasteiger partial charge in [-0.1, -0.05) is 0 Å². The smallest absolute Gasteiger partial charge is 0.344 e. The van der Waals surface area contributed by atoms with Crippen molar-refractivity contribution < 1.29 is 33.3 Å². The molecule has 0 fully saturated rings. The number of rotatable bonds is 5. The van der Waals surface area contributed by atoms with Gasteiger partial charge in [0.1, 0.15) is 0 Å². The minimum atomic E-state index is -4.81. The molecule has 2 atom stereocenters. The zero-order valence-electron chi connectivity index (χ0n) is 9.86. The van der Waals surface area contributed by atoms with Crippen LogP contribution in [0.2, 0.25) is 0 Å². The highest BCUT2D eigenvalue weighted by atomic mass is 31.2. The lowest BCUT2D eigenvalue weighted by molar-refractivity contribution is -0.696. The summed E-state index contributed by atoms with van der Waals surface area (Å²) in [6, 6.07) is 2.51. The van der Waals surface area contributed by atoms with Gasteiger partial charge in [0.05, 0.1) is 4.92 Å². The van der Waals surface area contributed by atoms with Crippen molar-refractivity contribution in [2.75, 3.05) is 6.66 Å². The maximum atomic E-state index is 11.5. The van der Waals surface area contributed by atoms with E-state index < -0.39 is 31.8 Å². The summed E-state index contributed by atoms with van der Waals surface area (Å²) >= 11 is 0. The van der Waals surface area contributed by atoms with Gasteiger partial charge in [-0.05, 0) is 0 Å². The summed E-state index contributed by atoms with van der Waals surface area (Å²) in [7, 11) is -8.86. The summed E-state index contributed by atoms with van der Waals surface area (Å²) in [6.45, 7) is 0.352. The minimum absolute atomic E-state index is 0.282. The zero-order chi connectivity index (χ0) is 14.8. The SMILES string of the molecule is CP(=O)(O)C(C[n+]1cccc([N+](=O)[O-])c1)P(=O)(O)O. The largest absolute Gasteiger partial charge is 0.344 e. The van der Waals surface area contributed by atoms with Gasteiger partial charge >= 0.3 is 13.3 Å². The van der Waals surface area contributed by atoms with Gasteiger partial charge in [0, 0.05) is 18.8 Å². The molecule has 19 heavy (non-hydrogen) atoms. The second-order valence-corrected chi connectivity index (χ2v) is 8.75. The molecule has 1 rings (SSSR count). The summed E-state index contributed by atoms with van der Waals surface area (Å²) in [5, 5.41) is 8.77. The highest BCUT2D eigenvalue weighted by Gasteiger charge is 2.44. The van der Waals surface area contributed by atoms with Crippen molar-refractivity contribution in [3.05, 3.63) is 34.6 Å². The Bertz CT molecular complexity index is 556. The molecule has 1 aromatic heterocycles. The molecule has 0 aliphatic rings. The van der Waals surface area contributed by atoms with Crippen molar-refractivity contribution in [1.82, 2.24) is 0 Å². The molecule has 0 aromatic carbocycles. The van der Waals surface area contributed by atoms with Crippen LogP contribution in [0, 0.1) is 10.1 Å². The highest BCUT2D eigenvalue weighted by Crippen LogP contribution is 2.60. The van der Waals surface area contributed by atoms with Gasteiger partial charge in [0.25, 0.3) is 0 Å². The Kier molecular flexibility index (Phi) is 4.60. The van der Waals surface area contributed by atoms with E-state index in [0.29, 0.717) is 0 Å². The molecule has 1 aromatic rings. The molecule has 0 spiro atoms.